The molecule has 0 radical (unpaired) electrons. The van der Waals surface area contributed by atoms with Gasteiger partial charge in [-0.05, 0) is 25.3 Å². The van der Waals surface area contributed by atoms with Gasteiger partial charge in [0, 0.05) is 36.9 Å². The van der Waals surface area contributed by atoms with Crippen LogP contribution in [-0.4, -0.2) is 41.9 Å². The van der Waals surface area contributed by atoms with Crippen LogP contribution in [-0.2, 0) is 0 Å². The quantitative estimate of drug-likeness (QED) is 0.740. The molecule has 0 spiro atoms. The maximum atomic E-state index is 12.7. The normalized spacial score (nSPS) is 18.4. The van der Waals surface area contributed by atoms with Crippen molar-refractivity contribution in [1.82, 2.24) is 29.5 Å². The molecule has 1 aliphatic rings. The summed E-state index contributed by atoms with van der Waals surface area (Å²) < 4.78 is 1.45. The summed E-state index contributed by atoms with van der Waals surface area (Å²) in [6.45, 7) is 0.657. The van der Waals surface area contributed by atoms with Crippen LogP contribution < -0.4 is 5.56 Å². The van der Waals surface area contributed by atoms with Gasteiger partial charge in [-0.2, -0.15) is 5.10 Å². The average Bonchev–Trinajstić information content (AvgIpc) is 3.25. The number of carbonyl (C=O) groups is 1. The fraction of sp³-hybridized carbons (Fsp3) is 0.333. The lowest BCUT2D eigenvalue weighted by molar-refractivity contribution is 0.0600. The molecule has 3 aromatic heterocycles. The van der Waals surface area contributed by atoms with E-state index in [1.165, 1.54) is 4.40 Å². The Morgan fingerprint density at radius 3 is 3.04 bits per heavy atom. The largest absolute Gasteiger partial charge is 0.329 e. The Labute approximate surface area is 131 Å². The van der Waals surface area contributed by atoms with Gasteiger partial charge < -0.3 is 9.88 Å². The first kappa shape index (κ1) is 13.7. The number of hydrogen-bond donors (Lipinski definition) is 2. The van der Waals surface area contributed by atoms with Crippen LogP contribution in [0.4, 0.5) is 0 Å². The van der Waals surface area contributed by atoms with Gasteiger partial charge in [-0.25, -0.2) is 4.98 Å². The van der Waals surface area contributed by atoms with Gasteiger partial charge in [0.15, 0.2) is 0 Å². The van der Waals surface area contributed by atoms with E-state index in [0.29, 0.717) is 18.0 Å². The minimum Gasteiger partial charge on any atom is -0.329 e. The zero-order valence-electron chi connectivity index (χ0n) is 12.4. The molecule has 3 aromatic rings. The van der Waals surface area contributed by atoms with Crippen molar-refractivity contribution in [3.63, 3.8) is 0 Å². The molecule has 1 fully saturated rings. The van der Waals surface area contributed by atoms with Gasteiger partial charge in [0.05, 0.1) is 6.04 Å². The van der Waals surface area contributed by atoms with E-state index in [1.807, 2.05) is 0 Å². The van der Waals surface area contributed by atoms with Crippen LogP contribution in [0.1, 0.15) is 41.5 Å². The van der Waals surface area contributed by atoms with Gasteiger partial charge in [-0.3, -0.25) is 19.1 Å². The van der Waals surface area contributed by atoms with Gasteiger partial charge in [-0.1, -0.05) is 0 Å². The molecule has 1 amide bonds. The Morgan fingerprint density at radius 2 is 2.22 bits per heavy atom. The number of hydrogen-bond acceptors (Lipinski definition) is 4. The molecule has 23 heavy (non-hydrogen) atoms. The van der Waals surface area contributed by atoms with Crippen molar-refractivity contribution >= 4 is 11.7 Å². The third-order valence-corrected chi connectivity index (χ3v) is 4.27. The van der Waals surface area contributed by atoms with Gasteiger partial charge in [0.2, 0.25) is 5.78 Å². The third kappa shape index (κ3) is 2.32. The summed E-state index contributed by atoms with van der Waals surface area (Å²) in [5, 5.41) is 6.55. The zero-order chi connectivity index (χ0) is 15.8. The van der Waals surface area contributed by atoms with Gasteiger partial charge in [0.1, 0.15) is 5.69 Å². The molecule has 4 rings (SSSR count). The predicted octanol–water partition coefficient (Wildman–Crippen LogP) is 1.11. The lowest BCUT2D eigenvalue weighted by atomic mass is 9.98. The summed E-state index contributed by atoms with van der Waals surface area (Å²) in [6, 6.07) is 3.06. The van der Waals surface area contributed by atoms with Crippen LogP contribution in [0.15, 0.2) is 35.5 Å². The van der Waals surface area contributed by atoms with Crippen LogP contribution in [0, 0.1) is 0 Å². The highest BCUT2D eigenvalue weighted by atomic mass is 16.2. The van der Waals surface area contributed by atoms with Gasteiger partial charge in [0.25, 0.3) is 11.5 Å². The van der Waals surface area contributed by atoms with Crippen LogP contribution >= 0.6 is 0 Å². The Balaban J connectivity index is 1.74. The topological polar surface area (TPSA) is 99.2 Å². The van der Waals surface area contributed by atoms with Crippen molar-refractivity contribution in [2.24, 2.45) is 0 Å². The van der Waals surface area contributed by atoms with Crippen LogP contribution in [0.5, 0.6) is 0 Å². The molecule has 0 saturated carbocycles. The molecular formula is C15H16N6O2. The molecule has 0 aromatic carbocycles. The third-order valence-electron chi connectivity index (χ3n) is 4.27. The van der Waals surface area contributed by atoms with Crippen LogP contribution in [0.3, 0.4) is 0 Å². The molecule has 4 heterocycles. The van der Waals surface area contributed by atoms with Crippen molar-refractivity contribution in [3.8, 4) is 0 Å². The van der Waals surface area contributed by atoms with E-state index in [2.05, 4.69) is 20.2 Å². The van der Waals surface area contributed by atoms with Gasteiger partial charge in [-0.15, -0.1) is 0 Å². The molecule has 1 aliphatic heterocycles. The fourth-order valence-corrected chi connectivity index (χ4v) is 3.15. The van der Waals surface area contributed by atoms with Crippen LogP contribution in [0.25, 0.3) is 5.78 Å². The van der Waals surface area contributed by atoms with E-state index in [4.69, 9.17) is 0 Å². The Bertz CT molecular complexity index is 894. The standard InChI is InChI=1S/C15H16N6O2/c22-13-9-11(18-15-16-6-8-21(13)15)12-3-1-2-7-20(12)14(23)10-4-5-17-19-10/h4-6,8-9,12H,1-3,7H2,(H,16,18)(H,17,19)/t12-/m0/s1. The fourth-order valence-electron chi connectivity index (χ4n) is 3.15. The predicted molar refractivity (Wildman–Crippen MR) is 82.0 cm³/mol. The Kier molecular flexibility index (Phi) is 3.22. The summed E-state index contributed by atoms with van der Waals surface area (Å²) in [6.07, 6.45) is 7.53. The number of amides is 1. The van der Waals surface area contributed by atoms with Crippen molar-refractivity contribution in [3.05, 3.63) is 52.5 Å². The first-order valence-corrected chi connectivity index (χ1v) is 7.60. The number of nitrogens with one attached hydrogen (secondary N) is 2. The van der Waals surface area contributed by atoms with E-state index in [9.17, 15) is 9.59 Å². The van der Waals surface area contributed by atoms with Crippen LogP contribution in [0.2, 0.25) is 0 Å². The summed E-state index contributed by atoms with van der Waals surface area (Å²) in [4.78, 5) is 34.0. The second-order valence-electron chi connectivity index (χ2n) is 5.66. The minimum absolute atomic E-state index is 0.101. The maximum Gasteiger partial charge on any atom is 0.272 e. The molecule has 0 aliphatic carbocycles. The molecule has 0 unspecified atom stereocenters. The lowest BCUT2D eigenvalue weighted by Gasteiger charge is -2.35. The van der Waals surface area contributed by atoms with Crippen molar-refractivity contribution in [2.75, 3.05) is 6.54 Å². The monoisotopic (exact) mass is 312 g/mol. The molecule has 118 valence electrons. The first-order chi connectivity index (χ1) is 11.2. The molecular weight excluding hydrogens is 296 g/mol. The van der Waals surface area contributed by atoms with Crippen molar-refractivity contribution in [2.45, 2.75) is 25.3 Å². The molecule has 1 atom stereocenters. The zero-order valence-corrected chi connectivity index (χ0v) is 12.4. The second kappa shape index (κ2) is 5.38. The number of carbonyl (C=O) groups excluding carboxylic acids is 1. The minimum atomic E-state index is -0.158. The number of likely N-dealkylation sites (tertiary alicyclic amines) is 1. The summed E-state index contributed by atoms with van der Waals surface area (Å²) in [7, 11) is 0. The molecule has 8 nitrogen and oxygen atoms in total. The van der Waals surface area contributed by atoms with E-state index in [-0.39, 0.29) is 17.5 Å². The molecule has 8 heteroatoms. The van der Waals surface area contributed by atoms with E-state index in [1.54, 1.807) is 35.6 Å². The Morgan fingerprint density at radius 1 is 1.30 bits per heavy atom. The number of rotatable bonds is 2. The number of fused-ring (bicyclic) bond motifs is 1. The number of piperidine rings is 1. The lowest BCUT2D eigenvalue weighted by Crippen LogP contribution is -2.39. The SMILES string of the molecule is O=C(c1ccn[nH]1)N1CCCC[C@H]1c1cc(=O)n2ccnc2[nH]1. The number of aromatic nitrogens is 5. The average molecular weight is 312 g/mol. The number of H-pyrrole nitrogens is 2. The van der Waals surface area contributed by atoms with Gasteiger partial charge >= 0.3 is 0 Å². The molecule has 1 saturated heterocycles. The number of nitrogens with zero attached hydrogens (tertiary/aromatic N) is 4. The molecule has 0 bridgehead atoms. The highest BCUT2D eigenvalue weighted by Gasteiger charge is 2.30. The number of aromatic amines is 2. The highest BCUT2D eigenvalue weighted by molar-refractivity contribution is 5.92. The van der Waals surface area contributed by atoms with Crippen molar-refractivity contribution in [1.29, 1.82) is 0 Å². The highest BCUT2D eigenvalue weighted by Crippen LogP contribution is 2.30. The number of imidazole rings is 1. The second-order valence-corrected chi connectivity index (χ2v) is 5.66. The van der Waals surface area contributed by atoms with E-state index >= 15 is 0 Å². The van der Waals surface area contributed by atoms with E-state index in [0.717, 1.165) is 25.0 Å². The smallest absolute Gasteiger partial charge is 0.272 e. The Hall–Kier alpha value is -2.90. The molecule has 2 N–H and O–H groups in total. The summed E-state index contributed by atoms with van der Waals surface area (Å²) >= 11 is 0. The summed E-state index contributed by atoms with van der Waals surface area (Å²) in [5.74, 6) is 0.392. The van der Waals surface area contributed by atoms with Crippen molar-refractivity contribution < 1.29 is 4.79 Å². The summed E-state index contributed by atoms with van der Waals surface area (Å²) in [5.41, 5.74) is 1.04. The first-order valence-electron chi connectivity index (χ1n) is 7.60. The maximum absolute atomic E-state index is 12.7. The van der Waals surface area contributed by atoms with E-state index < -0.39 is 0 Å².